The summed E-state index contributed by atoms with van der Waals surface area (Å²) >= 11 is 4.97. The van der Waals surface area contributed by atoms with Crippen LogP contribution in [0.4, 0.5) is 0 Å². The van der Waals surface area contributed by atoms with Crippen LogP contribution in [0.2, 0.25) is 0 Å². The maximum Gasteiger partial charge on any atom is 0.271 e. The van der Waals surface area contributed by atoms with Crippen LogP contribution in [0, 0.1) is 0 Å². The van der Waals surface area contributed by atoms with Crippen molar-refractivity contribution in [3.05, 3.63) is 123 Å². The van der Waals surface area contributed by atoms with Gasteiger partial charge in [0.05, 0.1) is 21.4 Å². The first-order valence-corrected chi connectivity index (χ1v) is 12.3. The summed E-state index contributed by atoms with van der Waals surface area (Å²) in [5, 5.41) is 4.07. The first kappa shape index (κ1) is 22.1. The van der Waals surface area contributed by atoms with Gasteiger partial charge in [0.25, 0.3) is 5.91 Å². The zero-order chi connectivity index (χ0) is 23.3. The van der Waals surface area contributed by atoms with E-state index in [2.05, 4.69) is 67.4 Å². The molecule has 3 aromatic carbocycles. The molecular formula is C28H20BrN3OS. The highest BCUT2D eigenvalue weighted by molar-refractivity contribution is 9.11. The van der Waals surface area contributed by atoms with Crippen LogP contribution in [0.1, 0.15) is 15.2 Å². The van der Waals surface area contributed by atoms with Crippen molar-refractivity contribution in [1.29, 1.82) is 0 Å². The Morgan fingerprint density at radius 3 is 1.88 bits per heavy atom. The van der Waals surface area contributed by atoms with Gasteiger partial charge in [-0.3, -0.25) is 4.79 Å². The summed E-state index contributed by atoms with van der Waals surface area (Å²) < 4.78 is 3.24. The fraction of sp³-hybridized carbons (Fsp3) is 0. The van der Waals surface area contributed by atoms with E-state index in [-0.39, 0.29) is 5.91 Å². The van der Waals surface area contributed by atoms with Crippen molar-refractivity contribution in [2.75, 3.05) is 0 Å². The van der Waals surface area contributed by atoms with Gasteiger partial charge < -0.3 is 4.57 Å². The van der Waals surface area contributed by atoms with E-state index in [1.54, 1.807) is 17.6 Å². The van der Waals surface area contributed by atoms with E-state index in [1.165, 1.54) is 0 Å². The van der Waals surface area contributed by atoms with Gasteiger partial charge in [0.1, 0.15) is 0 Å². The third kappa shape index (κ3) is 4.78. The van der Waals surface area contributed by atoms with Gasteiger partial charge >= 0.3 is 0 Å². The number of benzene rings is 3. The summed E-state index contributed by atoms with van der Waals surface area (Å²) in [7, 11) is 0. The Kier molecular flexibility index (Phi) is 6.51. The number of hydrazone groups is 1. The number of thiophene rings is 1. The molecular weight excluding hydrogens is 506 g/mol. The van der Waals surface area contributed by atoms with Gasteiger partial charge in [-0.2, -0.15) is 5.10 Å². The van der Waals surface area contributed by atoms with Crippen LogP contribution in [0.15, 0.2) is 118 Å². The van der Waals surface area contributed by atoms with Gasteiger partial charge in [0.15, 0.2) is 0 Å². The molecule has 0 fully saturated rings. The minimum atomic E-state index is -0.252. The van der Waals surface area contributed by atoms with Gasteiger partial charge in [0, 0.05) is 16.1 Å². The topological polar surface area (TPSA) is 46.4 Å². The van der Waals surface area contributed by atoms with Crippen LogP contribution in [-0.4, -0.2) is 16.7 Å². The maximum absolute atomic E-state index is 12.6. The number of carbonyl (C=O) groups excluding carboxylic acids is 1. The summed E-state index contributed by atoms with van der Waals surface area (Å²) in [6.45, 7) is 0. The van der Waals surface area contributed by atoms with E-state index in [4.69, 9.17) is 0 Å². The van der Waals surface area contributed by atoms with Crippen LogP contribution in [-0.2, 0) is 0 Å². The fourth-order valence-corrected chi connectivity index (χ4v) is 5.06. The standard InChI is InChI=1S/C28H20BrN3OS/c29-27-18-15-24(34-27)19-30-31-28(33)22-11-13-23(14-12-22)32-25(20-7-3-1-4-8-20)16-17-26(32)21-9-5-2-6-10-21/h1-19H,(H,31,33)/b30-19-. The number of rotatable bonds is 6. The van der Waals surface area contributed by atoms with Gasteiger partial charge in [0.2, 0.25) is 0 Å². The number of carbonyl (C=O) groups is 1. The van der Waals surface area contributed by atoms with E-state index in [9.17, 15) is 4.79 Å². The Balaban J connectivity index is 1.45. The van der Waals surface area contributed by atoms with E-state index < -0.39 is 0 Å². The van der Waals surface area contributed by atoms with Crippen molar-refractivity contribution in [2.45, 2.75) is 0 Å². The number of nitrogens with zero attached hydrogens (tertiary/aromatic N) is 2. The number of aromatic nitrogens is 1. The van der Waals surface area contributed by atoms with Gasteiger partial charge in [-0.1, -0.05) is 60.7 Å². The highest BCUT2D eigenvalue weighted by Crippen LogP contribution is 2.32. The van der Waals surface area contributed by atoms with E-state index >= 15 is 0 Å². The van der Waals surface area contributed by atoms with Crippen molar-refractivity contribution >= 4 is 39.4 Å². The molecule has 0 saturated carbocycles. The van der Waals surface area contributed by atoms with Crippen molar-refractivity contribution in [3.8, 4) is 28.2 Å². The molecule has 0 aliphatic heterocycles. The molecule has 0 spiro atoms. The normalized spacial score (nSPS) is 11.1. The number of hydrogen-bond acceptors (Lipinski definition) is 3. The molecule has 0 radical (unpaired) electrons. The predicted octanol–water partition coefficient (Wildman–Crippen LogP) is 7.40. The number of amides is 1. The SMILES string of the molecule is O=C(N/N=C\c1ccc(Br)s1)c1ccc(-n2c(-c3ccccc3)ccc2-c2ccccc2)cc1. The van der Waals surface area contributed by atoms with Crippen LogP contribution in [0.3, 0.4) is 0 Å². The van der Waals surface area contributed by atoms with E-state index in [0.717, 1.165) is 36.9 Å². The molecule has 5 aromatic rings. The lowest BCUT2D eigenvalue weighted by Gasteiger charge is -2.15. The lowest BCUT2D eigenvalue weighted by Crippen LogP contribution is -2.17. The third-order valence-electron chi connectivity index (χ3n) is 5.36. The van der Waals surface area contributed by atoms with Crippen molar-refractivity contribution in [1.82, 2.24) is 9.99 Å². The van der Waals surface area contributed by atoms with Crippen molar-refractivity contribution in [2.24, 2.45) is 5.10 Å². The lowest BCUT2D eigenvalue weighted by molar-refractivity contribution is 0.0955. The molecule has 0 aliphatic rings. The highest BCUT2D eigenvalue weighted by Gasteiger charge is 2.14. The largest absolute Gasteiger partial charge is 0.309 e. The molecule has 0 bridgehead atoms. The average Bonchev–Trinajstić information content (AvgIpc) is 3.51. The molecule has 0 atom stereocenters. The van der Waals surface area contributed by atoms with Crippen LogP contribution >= 0.6 is 27.3 Å². The Morgan fingerprint density at radius 1 is 0.765 bits per heavy atom. The molecule has 34 heavy (non-hydrogen) atoms. The molecule has 166 valence electrons. The van der Waals surface area contributed by atoms with E-state index in [1.807, 2.05) is 72.8 Å². The Morgan fingerprint density at radius 2 is 1.35 bits per heavy atom. The number of hydrogen-bond donors (Lipinski definition) is 1. The third-order valence-corrected chi connectivity index (χ3v) is 6.92. The smallest absolute Gasteiger partial charge is 0.271 e. The second-order valence-electron chi connectivity index (χ2n) is 7.56. The second kappa shape index (κ2) is 10.0. The van der Waals surface area contributed by atoms with Crippen LogP contribution in [0.25, 0.3) is 28.2 Å². The highest BCUT2D eigenvalue weighted by atomic mass is 79.9. The minimum absolute atomic E-state index is 0.252. The van der Waals surface area contributed by atoms with Crippen molar-refractivity contribution in [3.63, 3.8) is 0 Å². The lowest BCUT2D eigenvalue weighted by atomic mass is 10.1. The first-order valence-electron chi connectivity index (χ1n) is 10.7. The zero-order valence-corrected chi connectivity index (χ0v) is 20.5. The van der Waals surface area contributed by atoms with Crippen molar-refractivity contribution < 1.29 is 4.79 Å². The average molecular weight is 526 g/mol. The molecule has 5 rings (SSSR count). The molecule has 0 unspecified atom stereocenters. The second-order valence-corrected chi connectivity index (χ2v) is 10.1. The summed E-state index contributed by atoms with van der Waals surface area (Å²) in [6, 6.07) is 36.3. The number of nitrogens with one attached hydrogen (secondary N) is 1. The fourth-order valence-electron chi connectivity index (χ4n) is 3.76. The van der Waals surface area contributed by atoms with Crippen LogP contribution in [0.5, 0.6) is 0 Å². The molecule has 1 N–H and O–H groups in total. The van der Waals surface area contributed by atoms with Crippen LogP contribution < -0.4 is 5.43 Å². The molecule has 0 aliphatic carbocycles. The number of halogens is 1. The summed E-state index contributed by atoms with van der Waals surface area (Å²) in [5.41, 5.74) is 8.55. The Hall–Kier alpha value is -3.74. The molecule has 2 aromatic heterocycles. The monoisotopic (exact) mass is 525 g/mol. The first-order chi connectivity index (χ1) is 16.7. The maximum atomic E-state index is 12.6. The molecule has 0 saturated heterocycles. The van der Waals surface area contributed by atoms with Gasteiger partial charge in [-0.05, 0) is 75.6 Å². The van der Waals surface area contributed by atoms with E-state index in [0.29, 0.717) is 5.56 Å². The molecule has 1 amide bonds. The Bertz CT molecular complexity index is 1380. The quantitative estimate of drug-likeness (QED) is 0.182. The molecule has 4 nitrogen and oxygen atoms in total. The van der Waals surface area contributed by atoms with Gasteiger partial charge in [-0.15, -0.1) is 11.3 Å². The minimum Gasteiger partial charge on any atom is -0.309 e. The summed E-state index contributed by atoms with van der Waals surface area (Å²) in [5.74, 6) is -0.252. The molecule has 6 heteroatoms. The summed E-state index contributed by atoms with van der Waals surface area (Å²) in [4.78, 5) is 13.5. The zero-order valence-electron chi connectivity index (χ0n) is 18.1. The molecule has 2 heterocycles. The van der Waals surface area contributed by atoms with Gasteiger partial charge in [-0.25, -0.2) is 5.43 Å². The Labute approximate surface area is 210 Å². The summed E-state index contributed by atoms with van der Waals surface area (Å²) in [6.07, 6.45) is 1.64. The predicted molar refractivity (Wildman–Crippen MR) is 144 cm³/mol.